The summed E-state index contributed by atoms with van der Waals surface area (Å²) in [5.74, 6) is 0.901. The molecule has 0 spiro atoms. The van der Waals surface area contributed by atoms with E-state index in [1.165, 1.54) is 0 Å². The predicted octanol–water partition coefficient (Wildman–Crippen LogP) is 2.19. The second-order valence-corrected chi connectivity index (χ2v) is 7.13. The third-order valence-corrected chi connectivity index (χ3v) is 5.15. The molecule has 2 N–H and O–H groups in total. The van der Waals surface area contributed by atoms with Gasteiger partial charge in [-0.1, -0.05) is 43.2 Å². The highest BCUT2D eigenvalue weighted by molar-refractivity contribution is 5.85. The molecule has 6 heteroatoms. The van der Waals surface area contributed by atoms with Gasteiger partial charge in [0, 0.05) is 41.3 Å². The molecule has 0 heterocycles. The van der Waals surface area contributed by atoms with Gasteiger partial charge in [-0.15, -0.1) is 0 Å². The number of rotatable bonds is 7. The van der Waals surface area contributed by atoms with Crippen molar-refractivity contribution in [3.8, 4) is 0 Å². The van der Waals surface area contributed by atoms with Gasteiger partial charge in [0.2, 0.25) is 5.91 Å². The normalized spacial score (nSPS) is 17.6. The molecule has 1 aromatic rings. The van der Waals surface area contributed by atoms with Crippen LogP contribution in [-0.4, -0.2) is 58.1 Å². The van der Waals surface area contributed by atoms with Gasteiger partial charge >= 0.3 is 0 Å². The number of aliphatic imine (C=N–C) groups is 1. The Morgan fingerprint density at radius 3 is 2.42 bits per heavy atom. The minimum atomic E-state index is -0.318. The summed E-state index contributed by atoms with van der Waals surface area (Å²) in [5.41, 5.74) is 0.800. The van der Waals surface area contributed by atoms with Crippen molar-refractivity contribution in [3.63, 3.8) is 0 Å². The third-order valence-electron chi connectivity index (χ3n) is 5.15. The van der Waals surface area contributed by atoms with E-state index in [-0.39, 0.29) is 17.4 Å². The Morgan fingerprint density at radius 2 is 1.88 bits per heavy atom. The Hall–Kier alpha value is -2.08. The summed E-state index contributed by atoms with van der Waals surface area (Å²) in [6, 6.07) is 10.1. The molecule has 6 nitrogen and oxygen atoms in total. The lowest BCUT2D eigenvalue weighted by Gasteiger charge is -2.31. The monoisotopic (exact) mass is 360 g/mol. The molecule has 144 valence electrons. The van der Waals surface area contributed by atoms with Crippen LogP contribution in [0, 0.1) is 5.41 Å². The van der Waals surface area contributed by atoms with Crippen LogP contribution in [0.5, 0.6) is 0 Å². The highest BCUT2D eigenvalue weighted by atomic mass is 16.5. The predicted molar refractivity (Wildman–Crippen MR) is 105 cm³/mol. The van der Waals surface area contributed by atoms with Crippen molar-refractivity contribution < 1.29 is 9.53 Å². The number of benzene rings is 1. The number of ether oxygens (including phenoxy) is 1. The Bertz CT molecular complexity index is 595. The number of amides is 1. The molecule has 1 atom stereocenters. The van der Waals surface area contributed by atoms with E-state index in [1.54, 1.807) is 19.1 Å². The van der Waals surface area contributed by atoms with Gasteiger partial charge in [0.05, 0.1) is 11.5 Å². The Kier molecular flexibility index (Phi) is 7.45. The number of guanidine groups is 1. The van der Waals surface area contributed by atoms with Crippen LogP contribution >= 0.6 is 0 Å². The van der Waals surface area contributed by atoms with E-state index < -0.39 is 0 Å². The van der Waals surface area contributed by atoms with E-state index in [4.69, 9.17) is 4.74 Å². The number of carbonyl (C=O) groups excluding carboxylic acids is 1. The Balaban J connectivity index is 1.93. The summed E-state index contributed by atoms with van der Waals surface area (Å²) in [7, 11) is 7.12. The maximum atomic E-state index is 12.7. The van der Waals surface area contributed by atoms with Crippen molar-refractivity contribution in [1.29, 1.82) is 0 Å². The summed E-state index contributed by atoms with van der Waals surface area (Å²) < 4.78 is 5.59. The van der Waals surface area contributed by atoms with E-state index in [1.807, 2.05) is 32.3 Å². The smallest absolute Gasteiger partial charge is 0.230 e. The molecule has 0 aliphatic heterocycles. The van der Waals surface area contributed by atoms with Crippen LogP contribution in [0.3, 0.4) is 0 Å². The lowest BCUT2D eigenvalue weighted by Crippen LogP contribution is -2.49. The van der Waals surface area contributed by atoms with Gasteiger partial charge in [0.25, 0.3) is 0 Å². The van der Waals surface area contributed by atoms with Gasteiger partial charge in [0.15, 0.2) is 5.96 Å². The molecule has 1 aromatic carbocycles. The molecular formula is C20H32N4O2. The Labute approximate surface area is 157 Å². The lowest BCUT2D eigenvalue weighted by molar-refractivity contribution is -0.138. The average molecular weight is 361 g/mol. The van der Waals surface area contributed by atoms with Crippen LogP contribution in [0.25, 0.3) is 0 Å². The van der Waals surface area contributed by atoms with Crippen LogP contribution in [0.15, 0.2) is 35.3 Å². The third kappa shape index (κ3) is 4.97. The second kappa shape index (κ2) is 9.57. The van der Waals surface area contributed by atoms with Gasteiger partial charge in [0.1, 0.15) is 0 Å². The molecule has 1 amide bonds. The second-order valence-electron chi connectivity index (χ2n) is 7.13. The van der Waals surface area contributed by atoms with Gasteiger partial charge < -0.3 is 20.3 Å². The van der Waals surface area contributed by atoms with Crippen molar-refractivity contribution in [2.24, 2.45) is 10.4 Å². The maximum Gasteiger partial charge on any atom is 0.230 e. The van der Waals surface area contributed by atoms with Crippen molar-refractivity contribution >= 4 is 11.9 Å². The number of hydrogen-bond donors (Lipinski definition) is 2. The molecule has 0 radical (unpaired) electrons. The number of carbonyl (C=O) groups is 1. The summed E-state index contributed by atoms with van der Waals surface area (Å²) in [4.78, 5) is 18.7. The minimum absolute atomic E-state index is 0.0569. The number of nitrogens with one attached hydrogen (secondary N) is 2. The zero-order valence-electron chi connectivity index (χ0n) is 16.4. The molecule has 1 aliphatic rings. The molecule has 1 aliphatic carbocycles. The molecule has 2 rings (SSSR count). The standard InChI is InChI=1S/C20H32N4O2/c1-21-19(22-14-17(26-4)16-10-6-5-7-11-16)23-15-20(12-8-9-13-20)18(25)24(2)3/h5-7,10-11,17H,8-9,12-15H2,1-4H3,(H2,21,22,23). The van der Waals surface area contributed by atoms with Crippen molar-refractivity contribution in [2.75, 3.05) is 41.3 Å². The van der Waals surface area contributed by atoms with Crippen LogP contribution in [0.2, 0.25) is 0 Å². The zero-order valence-corrected chi connectivity index (χ0v) is 16.4. The largest absolute Gasteiger partial charge is 0.375 e. The fourth-order valence-electron chi connectivity index (χ4n) is 3.66. The van der Waals surface area contributed by atoms with E-state index >= 15 is 0 Å². The fraction of sp³-hybridized carbons (Fsp3) is 0.600. The van der Waals surface area contributed by atoms with E-state index in [0.717, 1.165) is 31.2 Å². The molecule has 1 saturated carbocycles. The summed E-state index contributed by atoms with van der Waals surface area (Å²) in [6.07, 6.45) is 4.01. The molecule has 0 saturated heterocycles. The molecule has 0 aromatic heterocycles. The van der Waals surface area contributed by atoms with Crippen molar-refractivity contribution in [1.82, 2.24) is 15.5 Å². The first kappa shape index (κ1) is 20.2. The first-order valence-corrected chi connectivity index (χ1v) is 9.26. The van der Waals surface area contributed by atoms with Gasteiger partial charge in [-0.05, 0) is 18.4 Å². The molecule has 26 heavy (non-hydrogen) atoms. The van der Waals surface area contributed by atoms with Crippen molar-refractivity contribution in [3.05, 3.63) is 35.9 Å². The van der Waals surface area contributed by atoms with Crippen molar-refractivity contribution in [2.45, 2.75) is 31.8 Å². The lowest BCUT2D eigenvalue weighted by atomic mass is 9.84. The molecular weight excluding hydrogens is 328 g/mol. The summed E-state index contributed by atoms with van der Waals surface area (Å²) in [6.45, 7) is 1.21. The number of nitrogens with zero attached hydrogens (tertiary/aromatic N) is 2. The summed E-state index contributed by atoms with van der Waals surface area (Å²) >= 11 is 0. The topological polar surface area (TPSA) is 66.0 Å². The van der Waals surface area contributed by atoms with Crippen LogP contribution in [-0.2, 0) is 9.53 Å². The minimum Gasteiger partial charge on any atom is -0.375 e. The first-order chi connectivity index (χ1) is 12.5. The highest BCUT2D eigenvalue weighted by Gasteiger charge is 2.42. The number of methoxy groups -OCH3 is 1. The van der Waals surface area contributed by atoms with Gasteiger partial charge in [-0.3, -0.25) is 9.79 Å². The summed E-state index contributed by atoms with van der Waals surface area (Å²) in [5, 5.41) is 6.67. The van der Waals surface area contributed by atoms with Crippen LogP contribution < -0.4 is 10.6 Å². The molecule has 0 bridgehead atoms. The highest BCUT2D eigenvalue weighted by Crippen LogP contribution is 2.38. The van der Waals surface area contributed by atoms with E-state index in [9.17, 15) is 4.79 Å². The fourth-order valence-corrected chi connectivity index (χ4v) is 3.66. The van der Waals surface area contributed by atoms with Crippen LogP contribution in [0.4, 0.5) is 0 Å². The SMILES string of the molecule is CN=C(NCC(OC)c1ccccc1)NCC1(C(=O)N(C)C)CCCC1. The average Bonchev–Trinajstić information content (AvgIpc) is 3.14. The quantitative estimate of drug-likeness (QED) is 0.578. The van der Waals surface area contributed by atoms with Gasteiger partial charge in [-0.25, -0.2) is 0 Å². The zero-order chi connectivity index (χ0) is 19.0. The van der Waals surface area contributed by atoms with E-state index in [2.05, 4.69) is 27.8 Å². The molecule has 1 unspecified atom stereocenters. The Morgan fingerprint density at radius 1 is 1.23 bits per heavy atom. The molecule has 1 fully saturated rings. The van der Waals surface area contributed by atoms with E-state index in [0.29, 0.717) is 19.0 Å². The van der Waals surface area contributed by atoms with Gasteiger partial charge in [-0.2, -0.15) is 0 Å². The first-order valence-electron chi connectivity index (χ1n) is 9.26. The maximum absolute atomic E-state index is 12.7. The number of hydrogen-bond acceptors (Lipinski definition) is 3. The van der Waals surface area contributed by atoms with Crippen LogP contribution in [0.1, 0.15) is 37.4 Å².